The summed E-state index contributed by atoms with van der Waals surface area (Å²) in [5.74, 6) is 5.06. The zero-order valence-corrected chi connectivity index (χ0v) is 7.61. The summed E-state index contributed by atoms with van der Waals surface area (Å²) in [6.07, 6.45) is -2.49. The van der Waals surface area contributed by atoms with Gasteiger partial charge in [-0.2, -0.15) is 0 Å². The molecule has 0 spiro atoms. The van der Waals surface area contributed by atoms with Gasteiger partial charge in [0, 0.05) is 15.7 Å². The zero-order valence-electron chi connectivity index (χ0n) is 6.02. The molecule has 0 aliphatic heterocycles. The number of benzene rings is 1. The van der Waals surface area contributed by atoms with Gasteiger partial charge in [-0.25, -0.2) is 8.78 Å². The van der Waals surface area contributed by atoms with Crippen LogP contribution in [0.4, 0.5) is 14.5 Å². The minimum Gasteiger partial charge on any atom is -0.324 e. The summed E-state index contributed by atoms with van der Waals surface area (Å²) in [6, 6.07) is 4.43. The van der Waals surface area contributed by atoms with Crippen LogP contribution in [-0.2, 0) is 0 Å². The van der Waals surface area contributed by atoms with E-state index in [0.29, 0.717) is 10.2 Å². The van der Waals surface area contributed by atoms with Crippen LogP contribution in [0.25, 0.3) is 0 Å². The fourth-order valence-corrected chi connectivity index (χ4v) is 1.22. The molecule has 0 saturated carbocycles. The van der Waals surface area contributed by atoms with E-state index in [9.17, 15) is 8.78 Å². The van der Waals surface area contributed by atoms with Crippen molar-refractivity contribution in [2.75, 3.05) is 5.43 Å². The van der Waals surface area contributed by atoms with Crippen molar-refractivity contribution >= 4 is 21.6 Å². The third kappa shape index (κ3) is 1.92. The Hall–Kier alpha value is -0.680. The lowest BCUT2D eigenvalue weighted by Crippen LogP contribution is -2.06. The molecule has 0 amide bonds. The topological polar surface area (TPSA) is 38.0 Å². The number of hydrazine groups is 1. The lowest BCUT2D eigenvalue weighted by atomic mass is 10.2. The van der Waals surface area contributed by atoms with E-state index in [-0.39, 0.29) is 5.56 Å². The number of anilines is 1. The van der Waals surface area contributed by atoms with Gasteiger partial charge in [0.15, 0.2) is 0 Å². The van der Waals surface area contributed by atoms with Crippen LogP contribution in [0.5, 0.6) is 0 Å². The number of rotatable bonds is 2. The molecule has 12 heavy (non-hydrogen) atoms. The molecule has 2 nitrogen and oxygen atoms in total. The van der Waals surface area contributed by atoms with Crippen molar-refractivity contribution < 1.29 is 8.78 Å². The summed E-state index contributed by atoms with van der Waals surface area (Å²) in [5, 5.41) is 0. The van der Waals surface area contributed by atoms with Crippen molar-refractivity contribution in [3.63, 3.8) is 0 Å². The van der Waals surface area contributed by atoms with E-state index in [2.05, 4.69) is 21.4 Å². The maximum Gasteiger partial charge on any atom is 0.265 e. The third-order valence-electron chi connectivity index (χ3n) is 1.40. The lowest BCUT2D eigenvalue weighted by molar-refractivity contribution is 0.150. The molecule has 3 N–H and O–H groups in total. The lowest BCUT2D eigenvalue weighted by Gasteiger charge is -2.05. The van der Waals surface area contributed by atoms with Gasteiger partial charge in [-0.15, -0.1) is 0 Å². The predicted molar refractivity (Wildman–Crippen MR) is 46.9 cm³/mol. The van der Waals surface area contributed by atoms with E-state index in [1.807, 2.05) is 0 Å². The van der Waals surface area contributed by atoms with E-state index in [1.165, 1.54) is 12.1 Å². The zero-order chi connectivity index (χ0) is 9.14. The summed E-state index contributed by atoms with van der Waals surface area (Å²) in [7, 11) is 0. The average Bonchev–Trinajstić information content (AvgIpc) is 2.05. The van der Waals surface area contributed by atoms with Crippen molar-refractivity contribution in [3.8, 4) is 0 Å². The van der Waals surface area contributed by atoms with Gasteiger partial charge in [-0.1, -0.05) is 15.9 Å². The van der Waals surface area contributed by atoms with E-state index in [4.69, 9.17) is 5.84 Å². The van der Waals surface area contributed by atoms with Crippen molar-refractivity contribution in [1.82, 2.24) is 0 Å². The molecule has 0 bridgehead atoms. The van der Waals surface area contributed by atoms with Crippen molar-refractivity contribution in [2.24, 2.45) is 5.84 Å². The number of alkyl halides is 2. The smallest absolute Gasteiger partial charge is 0.265 e. The van der Waals surface area contributed by atoms with Crippen LogP contribution in [0, 0.1) is 0 Å². The SMILES string of the molecule is NNc1ccc(Br)c(C(F)F)c1. The highest BCUT2D eigenvalue weighted by Gasteiger charge is 2.11. The fraction of sp³-hybridized carbons (Fsp3) is 0.143. The molecule has 0 aromatic heterocycles. The molecule has 1 rings (SSSR count). The Morgan fingerprint density at radius 2 is 2.08 bits per heavy atom. The van der Waals surface area contributed by atoms with Crippen molar-refractivity contribution in [2.45, 2.75) is 6.43 Å². The summed E-state index contributed by atoms with van der Waals surface area (Å²) in [6.45, 7) is 0. The van der Waals surface area contributed by atoms with E-state index in [1.54, 1.807) is 6.07 Å². The molecule has 0 unspecified atom stereocenters. The van der Waals surface area contributed by atoms with Gasteiger partial charge in [0.05, 0.1) is 0 Å². The van der Waals surface area contributed by atoms with E-state index in [0.717, 1.165) is 0 Å². The van der Waals surface area contributed by atoms with Gasteiger partial charge < -0.3 is 5.43 Å². The van der Waals surface area contributed by atoms with Crippen LogP contribution in [0.2, 0.25) is 0 Å². The number of halogens is 3. The Kier molecular flexibility index (Phi) is 2.99. The quantitative estimate of drug-likeness (QED) is 0.613. The molecule has 0 heterocycles. The highest BCUT2D eigenvalue weighted by Crippen LogP contribution is 2.29. The average molecular weight is 237 g/mol. The summed E-state index contributed by atoms with van der Waals surface area (Å²) in [4.78, 5) is 0. The monoisotopic (exact) mass is 236 g/mol. The molecule has 1 aromatic carbocycles. The molecule has 0 atom stereocenters. The first kappa shape index (κ1) is 9.41. The maximum absolute atomic E-state index is 12.2. The predicted octanol–water partition coefficient (Wildman–Crippen LogP) is 2.67. The highest BCUT2D eigenvalue weighted by molar-refractivity contribution is 9.10. The Morgan fingerprint density at radius 3 is 2.58 bits per heavy atom. The largest absolute Gasteiger partial charge is 0.324 e. The third-order valence-corrected chi connectivity index (χ3v) is 2.12. The number of nitrogens with two attached hydrogens (primary N) is 1. The van der Waals surface area contributed by atoms with Gasteiger partial charge in [0.25, 0.3) is 6.43 Å². The van der Waals surface area contributed by atoms with Gasteiger partial charge in [-0.3, -0.25) is 5.84 Å². The van der Waals surface area contributed by atoms with Crippen LogP contribution >= 0.6 is 15.9 Å². The first-order chi connectivity index (χ1) is 5.65. The van der Waals surface area contributed by atoms with E-state index < -0.39 is 6.43 Å². The van der Waals surface area contributed by atoms with Crippen LogP contribution < -0.4 is 11.3 Å². The molecule has 1 aromatic rings. The Labute approximate surface area is 76.9 Å². The maximum atomic E-state index is 12.2. The Morgan fingerprint density at radius 1 is 1.42 bits per heavy atom. The minimum atomic E-state index is -2.49. The molecule has 5 heteroatoms. The summed E-state index contributed by atoms with van der Waals surface area (Å²) < 4.78 is 24.9. The van der Waals surface area contributed by atoms with Crippen molar-refractivity contribution in [1.29, 1.82) is 0 Å². The van der Waals surface area contributed by atoms with Crippen LogP contribution in [0.15, 0.2) is 22.7 Å². The Balaban J connectivity index is 3.08. The second kappa shape index (κ2) is 3.82. The standard InChI is InChI=1S/C7H7BrF2N2/c8-6-2-1-4(12-11)3-5(6)7(9)10/h1-3,7,12H,11H2. The molecular formula is C7H7BrF2N2. The highest BCUT2D eigenvalue weighted by atomic mass is 79.9. The van der Waals surface area contributed by atoms with Crippen LogP contribution in [-0.4, -0.2) is 0 Å². The first-order valence-corrected chi connectivity index (χ1v) is 3.98. The van der Waals surface area contributed by atoms with Crippen molar-refractivity contribution in [3.05, 3.63) is 28.2 Å². The molecular weight excluding hydrogens is 230 g/mol. The number of hydrogen-bond donors (Lipinski definition) is 2. The first-order valence-electron chi connectivity index (χ1n) is 3.19. The van der Waals surface area contributed by atoms with Gasteiger partial charge in [0.2, 0.25) is 0 Å². The molecule has 0 saturated heterocycles. The van der Waals surface area contributed by atoms with Gasteiger partial charge in [0.1, 0.15) is 0 Å². The van der Waals surface area contributed by atoms with Crippen LogP contribution in [0.1, 0.15) is 12.0 Å². The normalized spacial score (nSPS) is 10.4. The van der Waals surface area contributed by atoms with Crippen LogP contribution in [0.3, 0.4) is 0 Å². The van der Waals surface area contributed by atoms with Gasteiger partial charge >= 0.3 is 0 Å². The minimum absolute atomic E-state index is 0.0644. The van der Waals surface area contributed by atoms with E-state index >= 15 is 0 Å². The summed E-state index contributed by atoms with van der Waals surface area (Å²) in [5.41, 5.74) is 2.70. The molecule has 0 fully saturated rings. The molecule has 66 valence electrons. The second-order valence-corrected chi connectivity index (χ2v) is 3.04. The molecule has 0 aliphatic carbocycles. The molecule has 0 aliphatic rings. The van der Waals surface area contributed by atoms with Gasteiger partial charge in [-0.05, 0) is 18.2 Å². The second-order valence-electron chi connectivity index (χ2n) is 2.18. The fourth-order valence-electron chi connectivity index (χ4n) is 0.801. The molecule has 0 radical (unpaired) electrons. The number of nitrogens with one attached hydrogen (secondary N) is 1. The number of nitrogen functional groups attached to an aromatic ring is 1. The Bertz CT molecular complexity index is 278. The summed E-state index contributed by atoms with van der Waals surface area (Å²) >= 11 is 3.01. The number of hydrogen-bond acceptors (Lipinski definition) is 2.